The molecule has 154 valence electrons. The van der Waals surface area contributed by atoms with Gasteiger partial charge in [-0.05, 0) is 68.1 Å². The van der Waals surface area contributed by atoms with Crippen molar-refractivity contribution in [1.29, 1.82) is 5.26 Å². The van der Waals surface area contributed by atoms with E-state index < -0.39 is 10.0 Å². The molecule has 0 radical (unpaired) electrons. The molecule has 3 rings (SSSR count). The van der Waals surface area contributed by atoms with E-state index in [4.69, 9.17) is 14.7 Å². The van der Waals surface area contributed by atoms with E-state index >= 15 is 0 Å². The highest BCUT2D eigenvalue weighted by Gasteiger charge is 2.29. The summed E-state index contributed by atoms with van der Waals surface area (Å²) in [6, 6.07) is 13.9. The van der Waals surface area contributed by atoms with Gasteiger partial charge in [-0.1, -0.05) is 12.1 Å². The number of benzene rings is 2. The number of hydrogen-bond acceptors (Lipinski definition) is 5. The summed E-state index contributed by atoms with van der Waals surface area (Å²) in [7, 11) is -3.72. The van der Waals surface area contributed by atoms with E-state index in [0.29, 0.717) is 18.7 Å². The standard InChI is InChI=1S/C22H26N2O4S/c1-17-5-6-18(2)22(14-17)28-13-11-24(16-20-4-3-12-27-20)29(25,26)21-9-7-19(15-23)8-10-21/h5-10,14,20H,3-4,11-13,16H2,1-2H3. The molecule has 0 bridgehead atoms. The third-order valence-corrected chi connectivity index (χ3v) is 6.87. The fourth-order valence-corrected chi connectivity index (χ4v) is 4.75. The van der Waals surface area contributed by atoms with Crippen LogP contribution in [0.15, 0.2) is 47.4 Å². The van der Waals surface area contributed by atoms with Gasteiger partial charge in [0.05, 0.1) is 22.6 Å². The van der Waals surface area contributed by atoms with E-state index in [1.807, 2.05) is 38.1 Å². The zero-order chi connectivity index (χ0) is 20.9. The average molecular weight is 415 g/mol. The molecular formula is C22H26N2O4S. The molecule has 0 aromatic heterocycles. The largest absolute Gasteiger partial charge is 0.492 e. The van der Waals surface area contributed by atoms with Crippen LogP contribution in [0.1, 0.15) is 29.5 Å². The van der Waals surface area contributed by atoms with E-state index in [2.05, 4.69) is 0 Å². The Morgan fingerprint density at radius 2 is 1.97 bits per heavy atom. The maximum Gasteiger partial charge on any atom is 0.243 e. The van der Waals surface area contributed by atoms with Gasteiger partial charge in [-0.2, -0.15) is 9.57 Å². The molecule has 1 saturated heterocycles. The molecule has 6 nitrogen and oxygen atoms in total. The Bertz CT molecular complexity index is 975. The molecule has 7 heteroatoms. The highest BCUT2D eigenvalue weighted by molar-refractivity contribution is 7.89. The molecule has 1 unspecified atom stereocenters. The Balaban J connectivity index is 1.76. The van der Waals surface area contributed by atoms with Crippen LogP contribution in [-0.2, 0) is 14.8 Å². The first-order valence-corrected chi connectivity index (χ1v) is 11.2. The lowest BCUT2D eigenvalue weighted by atomic mass is 10.1. The molecule has 2 aromatic rings. The Morgan fingerprint density at radius 1 is 1.21 bits per heavy atom. The fraction of sp³-hybridized carbons (Fsp3) is 0.409. The zero-order valence-electron chi connectivity index (χ0n) is 16.8. The summed E-state index contributed by atoms with van der Waals surface area (Å²) < 4.78 is 39.4. The van der Waals surface area contributed by atoms with E-state index in [0.717, 1.165) is 29.7 Å². The van der Waals surface area contributed by atoms with Crippen LogP contribution >= 0.6 is 0 Å². The van der Waals surface area contributed by atoms with Crippen LogP contribution in [0.2, 0.25) is 0 Å². The summed E-state index contributed by atoms with van der Waals surface area (Å²) >= 11 is 0. The summed E-state index contributed by atoms with van der Waals surface area (Å²) in [5.41, 5.74) is 2.52. The van der Waals surface area contributed by atoms with E-state index in [9.17, 15) is 8.42 Å². The van der Waals surface area contributed by atoms with Gasteiger partial charge in [-0.15, -0.1) is 0 Å². The molecule has 0 spiro atoms. The van der Waals surface area contributed by atoms with E-state index in [1.54, 1.807) is 0 Å². The first kappa shape index (κ1) is 21.3. The van der Waals surface area contributed by atoms with Crippen molar-refractivity contribution in [3.8, 4) is 11.8 Å². The van der Waals surface area contributed by atoms with Crippen LogP contribution in [0.5, 0.6) is 5.75 Å². The van der Waals surface area contributed by atoms with Crippen LogP contribution in [0.25, 0.3) is 0 Å². The van der Waals surface area contributed by atoms with Crippen molar-refractivity contribution in [3.63, 3.8) is 0 Å². The minimum Gasteiger partial charge on any atom is -0.492 e. The van der Waals surface area contributed by atoms with Crippen LogP contribution in [0.3, 0.4) is 0 Å². The molecular weight excluding hydrogens is 388 g/mol. The lowest BCUT2D eigenvalue weighted by Gasteiger charge is -2.25. The zero-order valence-corrected chi connectivity index (χ0v) is 17.6. The van der Waals surface area contributed by atoms with Crippen LogP contribution in [0.4, 0.5) is 0 Å². The SMILES string of the molecule is Cc1ccc(C)c(OCCN(CC2CCCO2)S(=O)(=O)c2ccc(C#N)cc2)c1. The highest BCUT2D eigenvalue weighted by atomic mass is 32.2. The Kier molecular flexibility index (Phi) is 6.91. The Morgan fingerprint density at radius 3 is 2.62 bits per heavy atom. The fourth-order valence-electron chi connectivity index (χ4n) is 3.30. The second kappa shape index (κ2) is 9.40. The second-order valence-corrected chi connectivity index (χ2v) is 9.19. The van der Waals surface area contributed by atoms with Crippen LogP contribution < -0.4 is 4.74 Å². The minimum atomic E-state index is -3.72. The molecule has 0 aliphatic carbocycles. The van der Waals surface area contributed by atoms with Gasteiger partial charge in [0.2, 0.25) is 10.0 Å². The first-order chi connectivity index (χ1) is 13.9. The van der Waals surface area contributed by atoms with Crippen molar-refractivity contribution in [2.75, 3.05) is 26.3 Å². The monoisotopic (exact) mass is 414 g/mol. The summed E-state index contributed by atoms with van der Waals surface area (Å²) in [4.78, 5) is 0.168. The second-order valence-electron chi connectivity index (χ2n) is 7.25. The number of aryl methyl sites for hydroxylation is 2. The third-order valence-electron chi connectivity index (χ3n) is 4.99. The lowest BCUT2D eigenvalue weighted by Crippen LogP contribution is -2.40. The number of ether oxygens (including phenoxy) is 2. The quantitative estimate of drug-likeness (QED) is 0.661. The van der Waals surface area contributed by atoms with Gasteiger partial charge in [0, 0.05) is 19.7 Å². The molecule has 1 heterocycles. The van der Waals surface area contributed by atoms with Crippen molar-refractivity contribution in [3.05, 3.63) is 59.2 Å². The summed E-state index contributed by atoms with van der Waals surface area (Å²) in [5, 5.41) is 8.95. The van der Waals surface area contributed by atoms with Crippen LogP contribution in [-0.4, -0.2) is 45.1 Å². The molecule has 0 N–H and O–H groups in total. The molecule has 1 aliphatic heterocycles. The van der Waals surface area contributed by atoms with Gasteiger partial charge in [0.1, 0.15) is 12.4 Å². The summed E-state index contributed by atoms with van der Waals surface area (Å²) in [6.45, 7) is 5.37. The Hall–Kier alpha value is -2.40. The van der Waals surface area contributed by atoms with E-state index in [-0.39, 0.29) is 24.2 Å². The van der Waals surface area contributed by atoms with E-state index in [1.165, 1.54) is 28.6 Å². The normalized spacial score (nSPS) is 16.7. The molecule has 29 heavy (non-hydrogen) atoms. The smallest absolute Gasteiger partial charge is 0.243 e. The van der Waals surface area contributed by atoms with Gasteiger partial charge in [0.25, 0.3) is 0 Å². The van der Waals surface area contributed by atoms with Crippen molar-refractivity contribution >= 4 is 10.0 Å². The van der Waals surface area contributed by atoms with Gasteiger partial charge in [-0.25, -0.2) is 8.42 Å². The number of hydrogen-bond donors (Lipinski definition) is 0. The van der Waals surface area contributed by atoms with Crippen molar-refractivity contribution in [1.82, 2.24) is 4.31 Å². The Labute approximate surface area is 172 Å². The average Bonchev–Trinajstić information content (AvgIpc) is 3.23. The van der Waals surface area contributed by atoms with Crippen molar-refractivity contribution in [2.24, 2.45) is 0 Å². The number of nitrogens with zero attached hydrogens (tertiary/aromatic N) is 2. The van der Waals surface area contributed by atoms with Gasteiger partial charge < -0.3 is 9.47 Å². The molecule has 2 aromatic carbocycles. The summed E-state index contributed by atoms with van der Waals surface area (Å²) in [6.07, 6.45) is 1.68. The van der Waals surface area contributed by atoms with Crippen molar-refractivity contribution < 1.29 is 17.9 Å². The third kappa shape index (κ3) is 5.36. The van der Waals surface area contributed by atoms with Gasteiger partial charge in [-0.3, -0.25) is 0 Å². The predicted molar refractivity (Wildman–Crippen MR) is 110 cm³/mol. The molecule has 1 aliphatic rings. The molecule has 1 fully saturated rings. The molecule has 1 atom stereocenters. The topological polar surface area (TPSA) is 79.6 Å². The maximum atomic E-state index is 13.2. The molecule has 0 amide bonds. The summed E-state index contributed by atoms with van der Waals surface area (Å²) in [5.74, 6) is 0.762. The lowest BCUT2D eigenvalue weighted by molar-refractivity contribution is 0.0909. The van der Waals surface area contributed by atoms with Gasteiger partial charge in [0.15, 0.2) is 0 Å². The van der Waals surface area contributed by atoms with Gasteiger partial charge >= 0.3 is 0 Å². The maximum absolute atomic E-state index is 13.2. The predicted octanol–water partition coefficient (Wildman–Crippen LogP) is 3.42. The number of sulfonamides is 1. The molecule has 0 saturated carbocycles. The number of rotatable bonds is 8. The van der Waals surface area contributed by atoms with Crippen LogP contribution in [0, 0.1) is 25.2 Å². The number of nitriles is 1. The first-order valence-electron chi connectivity index (χ1n) is 9.72. The highest BCUT2D eigenvalue weighted by Crippen LogP contribution is 2.22. The van der Waals surface area contributed by atoms with Crippen molar-refractivity contribution in [2.45, 2.75) is 37.7 Å². The minimum absolute atomic E-state index is 0.108.